The molecule has 6 nitrogen and oxygen atoms in total. The number of likely N-dealkylation sites (tertiary alicyclic amines) is 1. The molecule has 0 bridgehead atoms. The van der Waals surface area contributed by atoms with Crippen molar-refractivity contribution in [3.63, 3.8) is 0 Å². The predicted molar refractivity (Wildman–Crippen MR) is 87.7 cm³/mol. The number of amides is 1. The van der Waals surface area contributed by atoms with Crippen LogP contribution in [0.15, 0.2) is 24.3 Å². The molecule has 1 aromatic rings. The van der Waals surface area contributed by atoms with Crippen LogP contribution in [0.2, 0.25) is 0 Å². The van der Waals surface area contributed by atoms with Crippen LogP contribution in [0.4, 0.5) is 10.5 Å². The van der Waals surface area contributed by atoms with Crippen LogP contribution in [0.25, 0.3) is 0 Å². The molecule has 7 heteroatoms. The van der Waals surface area contributed by atoms with Crippen molar-refractivity contribution in [2.75, 3.05) is 38.1 Å². The number of nitrogens with one attached hydrogen (secondary N) is 1. The Labute approximate surface area is 136 Å². The van der Waals surface area contributed by atoms with Crippen LogP contribution < -0.4 is 11.1 Å². The zero-order valence-electron chi connectivity index (χ0n) is 12.4. The zero-order chi connectivity index (χ0) is 15.1. The third-order valence-corrected chi connectivity index (χ3v) is 3.48. The van der Waals surface area contributed by atoms with E-state index in [9.17, 15) is 9.59 Å². The van der Waals surface area contributed by atoms with Gasteiger partial charge in [-0.1, -0.05) is 0 Å². The quantitative estimate of drug-likeness (QED) is 0.779. The standard InChI is InChI=1S/C15H21N3O3.ClH/c16-11-14(19)12-3-5-13(6-4-12)17-15(20)21-10-9-18-7-1-2-8-18;/h3-6H,1-2,7-11,16H2,(H,17,20);1H. The van der Waals surface area contributed by atoms with Crippen LogP contribution >= 0.6 is 12.4 Å². The lowest BCUT2D eigenvalue weighted by Gasteiger charge is -2.14. The van der Waals surface area contributed by atoms with E-state index in [0.717, 1.165) is 19.6 Å². The molecule has 1 aromatic carbocycles. The van der Waals surface area contributed by atoms with Crippen molar-refractivity contribution in [3.8, 4) is 0 Å². The van der Waals surface area contributed by atoms with Gasteiger partial charge in [0.05, 0.1) is 6.54 Å². The van der Waals surface area contributed by atoms with Gasteiger partial charge in [0.15, 0.2) is 5.78 Å². The van der Waals surface area contributed by atoms with Gasteiger partial charge in [0.1, 0.15) is 6.61 Å². The lowest BCUT2D eigenvalue weighted by molar-refractivity contribution is 0.100. The minimum absolute atomic E-state index is 0. The van der Waals surface area contributed by atoms with Crippen LogP contribution in [0.1, 0.15) is 23.2 Å². The number of nitrogens with two attached hydrogens (primary N) is 1. The Balaban J connectivity index is 0.00000242. The van der Waals surface area contributed by atoms with Crippen LogP contribution in [-0.2, 0) is 4.74 Å². The molecule has 0 aromatic heterocycles. The average Bonchev–Trinajstić information content (AvgIpc) is 3.00. The van der Waals surface area contributed by atoms with Gasteiger partial charge < -0.3 is 10.5 Å². The number of hydrogen-bond donors (Lipinski definition) is 2. The number of rotatable bonds is 6. The van der Waals surface area contributed by atoms with E-state index < -0.39 is 6.09 Å². The molecular formula is C15H22ClN3O3. The van der Waals surface area contributed by atoms with Gasteiger partial charge in [0.2, 0.25) is 0 Å². The van der Waals surface area contributed by atoms with Crippen molar-refractivity contribution in [3.05, 3.63) is 29.8 Å². The van der Waals surface area contributed by atoms with Crippen LogP contribution in [-0.4, -0.2) is 49.6 Å². The van der Waals surface area contributed by atoms with Gasteiger partial charge in [0, 0.05) is 17.8 Å². The van der Waals surface area contributed by atoms with Gasteiger partial charge in [-0.2, -0.15) is 0 Å². The highest BCUT2D eigenvalue weighted by Gasteiger charge is 2.12. The fourth-order valence-electron chi connectivity index (χ4n) is 2.28. The Morgan fingerprint density at radius 3 is 2.41 bits per heavy atom. The van der Waals surface area contributed by atoms with E-state index in [1.54, 1.807) is 24.3 Å². The van der Waals surface area contributed by atoms with Crippen molar-refractivity contribution in [1.29, 1.82) is 0 Å². The maximum Gasteiger partial charge on any atom is 0.411 e. The second-order valence-corrected chi connectivity index (χ2v) is 5.01. The van der Waals surface area contributed by atoms with E-state index in [4.69, 9.17) is 10.5 Å². The summed E-state index contributed by atoms with van der Waals surface area (Å²) in [5, 5.41) is 2.63. The molecule has 1 aliphatic rings. The minimum atomic E-state index is -0.480. The van der Waals surface area contributed by atoms with E-state index in [-0.39, 0.29) is 24.7 Å². The summed E-state index contributed by atoms with van der Waals surface area (Å²) in [4.78, 5) is 25.3. The van der Waals surface area contributed by atoms with Gasteiger partial charge in [0.25, 0.3) is 0 Å². The number of Topliss-reactive ketones (excluding diaryl/α,β-unsaturated/α-hetero) is 1. The highest BCUT2D eigenvalue weighted by molar-refractivity contribution is 5.98. The Morgan fingerprint density at radius 1 is 1.18 bits per heavy atom. The van der Waals surface area contributed by atoms with Crippen LogP contribution in [0, 0.1) is 0 Å². The summed E-state index contributed by atoms with van der Waals surface area (Å²) in [6.07, 6.45) is 1.97. The van der Waals surface area contributed by atoms with Crippen molar-refractivity contribution >= 4 is 30.0 Å². The van der Waals surface area contributed by atoms with Crippen molar-refractivity contribution in [2.45, 2.75) is 12.8 Å². The number of carbonyl (C=O) groups excluding carboxylic acids is 2. The molecule has 0 radical (unpaired) electrons. The van der Waals surface area contributed by atoms with Gasteiger partial charge in [-0.25, -0.2) is 4.79 Å². The molecule has 3 N–H and O–H groups in total. The molecular weight excluding hydrogens is 306 g/mol. The van der Waals surface area contributed by atoms with E-state index in [1.807, 2.05) is 0 Å². The molecule has 122 valence electrons. The van der Waals surface area contributed by atoms with Gasteiger partial charge in [-0.3, -0.25) is 15.0 Å². The number of hydrogen-bond acceptors (Lipinski definition) is 5. The first-order valence-corrected chi connectivity index (χ1v) is 7.18. The topological polar surface area (TPSA) is 84.7 Å². The molecule has 1 aliphatic heterocycles. The molecule has 0 atom stereocenters. The van der Waals surface area contributed by atoms with E-state index in [2.05, 4.69) is 10.2 Å². The first-order chi connectivity index (χ1) is 10.2. The smallest absolute Gasteiger partial charge is 0.411 e. The number of benzene rings is 1. The van der Waals surface area contributed by atoms with Crippen molar-refractivity contribution in [2.24, 2.45) is 5.73 Å². The third-order valence-electron chi connectivity index (χ3n) is 3.48. The lowest BCUT2D eigenvalue weighted by Crippen LogP contribution is -2.26. The van der Waals surface area contributed by atoms with E-state index in [1.165, 1.54) is 12.8 Å². The monoisotopic (exact) mass is 327 g/mol. The highest BCUT2D eigenvalue weighted by Crippen LogP contribution is 2.10. The maximum atomic E-state index is 11.6. The summed E-state index contributed by atoms with van der Waals surface area (Å²) in [6, 6.07) is 6.58. The molecule has 2 rings (SSSR count). The molecule has 1 fully saturated rings. The fraction of sp³-hybridized carbons (Fsp3) is 0.467. The Kier molecular flexibility index (Phi) is 7.87. The lowest BCUT2D eigenvalue weighted by atomic mass is 10.1. The normalized spacial score (nSPS) is 14.2. The summed E-state index contributed by atoms with van der Waals surface area (Å²) >= 11 is 0. The Morgan fingerprint density at radius 2 is 1.82 bits per heavy atom. The summed E-state index contributed by atoms with van der Waals surface area (Å²) in [7, 11) is 0. The summed E-state index contributed by atoms with van der Waals surface area (Å²) in [5.74, 6) is -0.130. The SMILES string of the molecule is Cl.NCC(=O)c1ccc(NC(=O)OCCN2CCCC2)cc1. The minimum Gasteiger partial charge on any atom is -0.448 e. The van der Waals surface area contributed by atoms with Crippen LogP contribution in [0.3, 0.4) is 0 Å². The molecule has 1 amide bonds. The molecule has 1 heterocycles. The maximum absolute atomic E-state index is 11.6. The van der Waals surface area contributed by atoms with Gasteiger partial charge in [-0.15, -0.1) is 12.4 Å². The van der Waals surface area contributed by atoms with E-state index in [0.29, 0.717) is 17.9 Å². The predicted octanol–water partition coefficient (Wildman–Crippen LogP) is 1.89. The van der Waals surface area contributed by atoms with Crippen molar-refractivity contribution in [1.82, 2.24) is 4.90 Å². The average molecular weight is 328 g/mol. The Hall–Kier alpha value is -1.63. The summed E-state index contributed by atoms with van der Waals surface area (Å²) in [6.45, 7) is 3.31. The first kappa shape index (κ1) is 18.4. The number of nitrogens with zero attached hydrogens (tertiary/aromatic N) is 1. The molecule has 0 spiro atoms. The zero-order valence-corrected chi connectivity index (χ0v) is 13.2. The molecule has 0 saturated carbocycles. The number of ketones is 1. The van der Waals surface area contributed by atoms with E-state index >= 15 is 0 Å². The van der Waals surface area contributed by atoms with Crippen LogP contribution in [0.5, 0.6) is 0 Å². The highest BCUT2D eigenvalue weighted by atomic mass is 35.5. The second-order valence-electron chi connectivity index (χ2n) is 5.01. The fourth-order valence-corrected chi connectivity index (χ4v) is 2.28. The van der Waals surface area contributed by atoms with Gasteiger partial charge >= 0.3 is 6.09 Å². The van der Waals surface area contributed by atoms with Gasteiger partial charge in [-0.05, 0) is 50.2 Å². The molecule has 0 unspecified atom stereocenters. The summed E-state index contributed by atoms with van der Waals surface area (Å²) < 4.78 is 5.13. The number of anilines is 1. The molecule has 22 heavy (non-hydrogen) atoms. The number of carbonyl (C=O) groups is 2. The Bertz CT molecular complexity index is 487. The second kappa shape index (κ2) is 9.40. The largest absolute Gasteiger partial charge is 0.448 e. The van der Waals surface area contributed by atoms with Crippen molar-refractivity contribution < 1.29 is 14.3 Å². The first-order valence-electron chi connectivity index (χ1n) is 7.18. The number of halogens is 1. The number of ether oxygens (including phenoxy) is 1. The molecule has 1 saturated heterocycles. The molecule has 0 aliphatic carbocycles. The third kappa shape index (κ3) is 5.63. The summed E-state index contributed by atoms with van der Waals surface area (Å²) in [5.41, 5.74) is 6.41.